The van der Waals surface area contributed by atoms with Crippen LogP contribution in [0.15, 0.2) is 48.7 Å². The highest BCUT2D eigenvalue weighted by molar-refractivity contribution is 6.30. The fourth-order valence-corrected chi connectivity index (χ4v) is 3.83. The van der Waals surface area contributed by atoms with E-state index in [1.807, 2.05) is 13.0 Å². The Hall–Kier alpha value is -3.00. The Labute approximate surface area is 176 Å². The van der Waals surface area contributed by atoms with Crippen molar-refractivity contribution in [1.82, 2.24) is 9.78 Å². The zero-order valence-electron chi connectivity index (χ0n) is 16.0. The quantitative estimate of drug-likeness (QED) is 0.615. The number of halogens is 4. The SMILES string of the molecule is CCN1CCc2ccc(NC(=O)c3cnn(-c4cccc(Cl)c4)c3C(F)(F)F)cc21. The zero-order valence-corrected chi connectivity index (χ0v) is 16.8. The van der Waals surface area contributed by atoms with Crippen LogP contribution in [0.3, 0.4) is 0 Å². The standard InChI is InChI=1S/C21H18ClF3N4O/c1-2-28-9-8-13-6-7-15(11-18(13)28)27-20(30)17-12-26-29(19(17)21(23,24)25)16-5-3-4-14(22)10-16/h3-7,10-12H,2,8-9H2,1H3,(H,27,30). The minimum absolute atomic E-state index is 0.116. The van der Waals surface area contributed by atoms with Crippen LogP contribution in [0.4, 0.5) is 24.5 Å². The molecule has 0 spiro atoms. The maximum absolute atomic E-state index is 13.8. The molecule has 0 saturated heterocycles. The minimum atomic E-state index is -4.79. The summed E-state index contributed by atoms with van der Waals surface area (Å²) in [5.74, 6) is -0.878. The van der Waals surface area contributed by atoms with Crippen molar-refractivity contribution in [3.05, 3.63) is 70.5 Å². The summed E-state index contributed by atoms with van der Waals surface area (Å²) in [7, 11) is 0. The lowest BCUT2D eigenvalue weighted by Gasteiger charge is -2.17. The number of alkyl halides is 3. The van der Waals surface area contributed by atoms with Gasteiger partial charge in [0.2, 0.25) is 0 Å². The molecule has 0 radical (unpaired) electrons. The predicted molar refractivity (Wildman–Crippen MR) is 110 cm³/mol. The maximum Gasteiger partial charge on any atom is 0.434 e. The molecule has 0 unspecified atom stereocenters. The van der Waals surface area contributed by atoms with Gasteiger partial charge in [0.15, 0.2) is 5.69 Å². The van der Waals surface area contributed by atoms with Gasteiger partial charge in [-0.25, -0.2) is 4.68 Å². The molecule has 30 heavy (non-hydrogen) atoms. The largest absolute Gasteiger partial charge is 0.434 e. The van der Waals surface area contributed by atoms with Crippen molar-refractivity contribution in [2.24, 2.45) is 0 Å². The van der Waals surface area contributed by atoms with Crippen molar-refractivity contribution < 1.29 is 18.0 Å². The average Bonchev–Trinajstić information content (AvgIpc) is 3.32. The molecule has 5 nitrogen and oxygen atoms in total. The number of aromatic nitrogens is 2. The summed E-state index contributed by atoms with van der Waals surface area (Å²) in [6.07, 6.45) is -2.96. The highest BCUT2D eigenvalue weighted by Crippen LogP contribution is 2.35. The third kappa shape index (κ3) is 3.75. The van der Waals surface area contributed by atoms with Gasteiger partial charge in [0.25, 0.3) is 5.91 Å². The molecule has 0 atom stereocenters. The molecular formula is C21H18ClF3N4O. The number of carbonyl (C=O) groups is 1. The molecule has 0 aliphatic carbocycles. The van der Waals surface area contributed by atoms with Gasteiger partial charge in [-0.3, -0.25) is 4.79 Å². The first-order valence-electron chi connectivity index (χ1n) is 9.38. The van der Waals surface area contributed by atoms with Gasteiger partial charge >= 0.3 is 6.18 Å². The van der Waals surface area contributed by atoms with E-state index in [0.717, 1.165) is 37.0 Å². The number of hydrogen-bond donors (Lipinski definition) is 1. The summed E-state index contributed by atoms with van der Waals surface area (Å²) in [6, 6.07) is 11.2. The van der Waals surface area contributed by atoms with Crippen LogP contribution in [0.1, 0.15) is 28.5 Å². The van der Waals surface area contributed by atoms with E-state index in [1.165, 1.54) is 18.2 Å². The van der Waals surface area contributed by atoms with E-state index in [-0.39, 0.29) is 10.7 Å². The Morgan fingerprint density at radius 3 is 2.73 bits per heavy atom. The minimum Gasteiger partial charge on any atom is -0.371 e. The topological polar surface area (TPSA) is 50.2 Å². The van der Waals surface area contributed by atoms with Gasteiger partial charge in [-0.15, -0.1) is 0 Å². The van der Waals surface area contributed by atoms with Crippen molar-refractivity contribution in [2.45, 2.75) is 19.5 Å². The summed E-state index contributed by atoms with van der Waals surface area (Å²) in [4.78, 5) is 14.9. The van der Waals surface area contributed by atoms with E-state index in [0.29, 0.717) is 10.4 Å². The number of likely N-dealkylation sites (N-methyl/N-ethyl adjacent to an activating group) is 1. The summed E-state index contributed by atoms with van der Waals surface area (Å²) in [5, 5.41) is 6.65. The third-order valence-electron chi connectivity index (χ3n) is 5.05. The first kappa shape index (κ1) is 20.3. The van der Waals surface area contributed by atoms with Crippen molar-refractivity contribution in [2.75, 3.05) is 23.3 Å². The Balaban J connectivity index is 1.68. The first-order valence-corrected chi connectivity index (χ1v) is 9.76. The summed E-state index contributed by atoms with van der Waals surface area (Å²) >= 11 is 5.90. The van der Waals surface area contributed by atoms with Gasteiger partial charge in [-0.1, -0.05) is 23.7 Å². The summed E-state index contributed by atoms with van der Waals surface area (Å²) < 4.78 is 42.2. The second kappa shape index (κ2) is 7.68. The molecule has 3 aromatic rings. The Morgan fingerprint density at radius 1 is 1.23 bits per heavy atom. The van der Waals surface area contributed by atoms with E-state index in [2.05, 4.69) is 15.3 Å². The van der Waals surface area contributed by atoms with Gasteiger partial charge in [-0.2, -0.15) is 18.3 Å². The Kier molecular flexibility index (Phi) is 5.19. The number of hydrogen-bond acceptors (Lipinski definition) is 3. The second-order valence-corrected chi connectivity index (χ2v) is 7.36. The number of amides is 1. The number of nitrogens with one attached hydrogen (secondary N) is 1. The van der Waals surface area contributed by atoms with Crippen LogP contribution in [0.25, 0.3) is 5.69 Å². The monoisotopic (exact) mass is 434 g/mol. The molecule has 1 aromatic heterocycles. The van der Waals surface area contributed by atoms with Crippen molar-refractivity contribution in [1.29, 1.82) is 0 Å². The van der Waals surface area contributed by atoms with Crippen LogP contribution in [0.5, 0.6) is 0 Å². The number of carbonyl (C=O) groups excluding carboxylic acids is 1. The molecular weight excluding hydrogens is 417 g/mol. The molecule has 2 heterocycles. The molecule has 1 amide bonds. The van der Waals surface area contributed by atoms with Crippen LogP contribution < -0.4 is 10.2 Å². The molecule has 0 saturated carbocycles. The molecule has 4 rings (SSSR count). The van der Waals surface area contributed by atoms with E-state index >= 15 is 0 Å². The first-order chi connectivity index (χ1) is 14.3. The normalized spacial score (nSPS) is 13.4. The van der Waals surface area contributed by atoms with Gasteiger partial charge in [0.1, 0.15) is 0 Å². The molecule has 1 aliphatic rings. The third-order valence-corrected chi connectivity index (χ3v) is 5.29. The summed E-state index contributed by atoms with van der Waals surface area (Å²) in [5.41, 5.74) is 0.974. The smallest absolute Gasteiger partial charge is 0.371 e. The lowest BCUT2D eigenvalue weighted by Crippen LogP contribution is -2.21. The number of benzene rings is 2. The lowest BCUT2D eigenvalue weighted by atomic mass is 10.1. The second-order valence-electron chi connectivity index (χ2n) is 6.92. The molecule has 9 heteroatoms. The van der Waals surface area contributed by atoms with E-state index in [9.17, 15) is 18.0 Å². The fourth-order valence-electron chi connectivity index (χ4n) is 3.64. The number of fused-ring (bicyclic) bond motifs is 1. The molecule has 2 aromatic carbocycles. The Morgan fingerprint density at radius 2 is 2.03 bits per heavy atom. The lowest BCUT2D eigenvalue weighted by molar-refractivity contribution is -0.143. The van der Waals surface area contributed by atoms with Gasteiger partial charge in [-0.05, 0) is 49.2 Å². The van der Waals surface area contributed by atoms with Crippen molar-refractivity contribution in [3.8, 4) is 5.69 Å². The number of rotatable bonds is 4. The Bertz CT molecular complexity index is 1110. The van der Waals surface area contributed by atoms with Crippen molar-refractivity contribution in [3.63, 3.8) is 0 Å². The molecule has 0 fully saturated rings. The van der Waals surface area contributed by atoms with Crippen LogP contribution in [0.2, 0.25) is 5.02 Å². The van der Waals surface area contributed by atoms with Crippen LogP contribution >= 0.6 is 11.6 Å². The summed E-state index contributed by atoms with van der Waals surface area (Å²) in [6.45, 7) is 3.73. The molecule has 156 valence electrons. The van der Waals surface area contributed by atoms with Crippen LogP contribution in [-0.2, 0) is 12.6 Å². The van der Waals surface area contributed by atoms with Gasteiger partial charge < -0.3 is 10.2 Å². The number of nitrogens with zero attached hydrogens (tertiary/aromatic N) is 3. The predicted octanol–water partition coefficient (Wildman–Crippen LogP) is 5.18. The molecule has 1 N–H and O–H groups in total. The highest BCUT2D eigenvalue weighted by atomic mass is 35.5. The van der Waals surface area contributed by atoms with E-state index < -0.39 is 23.3 Å². The van der Waals surface area contributed by atoms with Crippen LogP contribution in [0, 0.1) is 0 Å². The van der Waals surface area contributed by atoms with Crippen LogP contribution in [-0.4, -0.2) is 28.8 Å². The van der Waals surface area contributed by atoms with Gasteiger partial charge in [0.05, 0.1) is 17.4 Å². The maximum atomic E-state index is 13.8. The van der Waals surface area contributed by atoms with Crippen molar-refractivity contribution >= 4 is 28.9 Å². The fraction of sp³-hybridized carbons (Fsp3) is 0.238. The molecule has 1 aliphatic heterocycles. The zero-order chi connectivity index (χ0) is 21.5. The highest BCUT2D eigenvalue weighted by Gasteiger charge is 2.40. The molecule has 0 bridgehead atoms. The number of anilines is 2. The van der Waals surface area contributed by atoms with Gasteiger partial charge in [0, 0.05) is 29.5 Å². The average molecular weight is 435 g/mol. The van der Waals surface area contributed by atoms with E-state index in [4.69, 9.17) is 11.6 Å². The van der Waals surface area contributed by atoms with E-state index in [1.54, 1.807) is 18.2 Å².